The molecule has 0 N–H and O–H groups in total. The fourth-order valence-corrected chi connectivity index (χ4v) is 1.79. The van der Waals surface area contributed by atoms with Crippen molar-refractivity contribution in [3.63, 3.8) is 0 Å². The summed E-state index contributed by atoms with van der Waals surface area (Å²) in [5.41, 5.74) is -0.816. The van der Waals surface area contributed by atoms with Crippen molar-refractivity contribution in [3.8, 4) is 0 Å². The number of hydrogen-bond acceptors (Lipinski definition) is 1. The SMILES string of the molecule is FC(F)(F)c1cnc(Cl)c2cc(Cl)ccc12. The molecule has 0 aliphatic rings. The van der Waals surface area contributed by atoms with E-state index in [-0.39, 0.29) is 15.9 Å². The minimum absolute atomic E-state index is 0.00287. The molecule has 0 aliphatic carbocycles. The molecule has 0 amide bonds. The minimum atomic E-state index is -4.45. The molecule has 1 aromatic heterocycles. The van der Waals surface area contributed by atoms with Gasteiger partial charge in [-0.1, -0.05) is 29.3 Å². The molecule has 2 aromatic rings. The summed E-state index contributed by atoms with van der Waals surface area (Å²) in [6.45, 7) is 0. The van der Waals surface area contributed by atoms with Crippen LogP contribution in [0.25, 0.3) is 10.8 Å². The van der Waals surface area contributed by atoms with E-state index in [1.165, 1.54) is 18.2 Å². The van der Waals surface area contributed by atoms with Gasteiger partial charge in [0.1, 0.15) is 5.15 Å². The zero-order chi connectivity index (χ0) is 11.9. The predicted molar refractivity (Wildman–Crippen MR) is 56.8 cm³/mol. The van der Waals surface area contributed by atoms with Gasteiger partial charge in [0.2, 0.25) is 0 Å². The maximum absolute atomic E-state index is 12.6. The first kappa shape index (κ1) is 11.5. The van der Waals surface area contributed by atoms with Gasteiger partial charge < -0.3 is 0 Å². The van der Waals surface area contributed by atoms with Gasteiger partial charge in [0.25, 0.3) is 0 Å². The van der Waals surface area contributed by atoms with Gasteiger partial charge in [-0.25, -0.2) is 4.98 Å². The molecule has 1 aromatic carbocycles. The molecule has 2 rings (SSSR count). The zero-order valence-corrected chi connectivity index (χ0v) is 9.16. The summed E-state index contributed by atoms with van der Waals surface area (Å²) >= 11 is 11.4. The van der Waals surface area contributed by atoms with Crippen LogP contribution in [0.15, 0.2) is 24.4 Å². The highest BCUT2D eigenvalue weighted by Crippen LogP contribution is 2.36. The number of nitrogens with zero attached hydrogens (tertiary/aromatic N) is 1. The Labute approximate surface area is 98.8 Å². The first-order valence-corrected chi connectivity index (χ1v) is 4.96. The number of hydrogen-bond donors (Lipinski definition) is 0. The average molecular weight is 266 g/mol. The molecule has 0 atom stereocenters. The van der Waals surface area contributed by atoms with E-state index in [2.05, 4.69) is 4.98 Å². The second-order valence-corrected chi connectivity index (χ2v) is 3.94. The van der Waals surface area contributed by atoms with Crippen molar-refractivity contribution in [2.45, 2.75) is 6.18 Å². The van der Waals surface area contributed by atoms with Gasteiger partial charge in [-0.2, -0.15) is 13.2 Å². The maximum atomic E-state index is 12.6. The molecule has 84 valence electrons. The molecule has 6 heteroatoms. The van der Waals surface area contributed by atoms with Gasteiger partial charge in [-0.3, -0.25) is 0 Å². The van der Waals surface area contributed by atoms with Crippen LogP contribution in [0.4, 0.5) is 13.2 Å². The normalized spacial score (nSPS) is 12.1. The third kappa shape index (κ3) is 1.95. The third-order valence-electron chi connectivity index (χ3n) is 2.11. The van der Waals surface area contributed by atoms with Crippen molar-refractivity contribution >= 4 is 34.0 Å². The Bertz CT molecular complexity index is 551. The predicted octanol–water partition coefficient (Wildman–Crippen LogP) is 4.56. The number of halogens is 5. The molecular weight excluding hydrogens is 262 g/mol. The maximum Gasteiger partial charge on any atom is 0.418 e. The summed E-state index contributed by atoms with van der Waals surface area (Å²) in [5.74, 6) is 0. The van der Waals surface area contributed by atoms with Crippen LogP contribution >= 0.6 is 23.2 Å². The van der Waals surface area contributed by atoms with Crippen LogP contribution in [0, 0.1) is 0 Å². The highest BCUT2D eigenvalue weighted by molar-refractivity contribution is 6.36. The van der Waals surface area contributed by atoms with Crippen molar-refractivity contribution in [1.29, 1.82) is 0 Å². The van der Waals surface area contributed by atoms with Gasteiger partial charge in [0, 0.05) is 16.6 Å². The van der Waals surface area contributed by atoms with Crippen LogP contribution in [0.2, 0.25) is 10.2 Å². The van der Waals surface area contributed by atoms with Crippen LogP contribution < -0.4 is 0 Å². The molecular formula is C10H4Cl2F3N. The number of alkyl halides is 3. The lowest BCUT2D eigenvalue weighted by atomic mass is 10.1. The van der Waals surface area contributed by atoms with E-state index in [1.807, 2.05) is 0 Å². The Morgan fingerprint density at radius 3 is 2.38 bits per heavy atom. The molecule has 0 fully saturated rings. The molecule has 0 saturated heterocycles. The molecule has 0 bridgehead atoms. The molecule has 16 heavy (non-hydrogen) atoms. The number of benzene rings is 1. The minimum Gasteiger partial charge on any atom is -0.243 e. The van der Waals surface area contributed by atoms with Gasteiger partial charge in [0.15, 0.2) is 0 Å². The van der Waals surface area contributed by atoms with Crippen molar-refractivity contribution in [2.24, 2.45) is 0 Å². The van der Waals surface area contributed by atoms with Crippen LogP contribution in [0.3, 0.4) is 0 Å². The third-order valence-corrected chi connectivity index (χ3v) is 2.64. The second-order valence-electron chi connectivity index (χ2n) is 3.15. The molecule has 0 unspecified atom stereocenters. The van der Waals surface area contributed by atoms with Crippen LogP contribution in [-0.2, 0) is 6.18 Å². The lowest BCUT2D eigenvalue weighted by Crippen LogP contribution is -2.06. The van der Waals surface area contributed by atoms with Crippen LogP contribution in [0.1, 0.15) is 5.56 Å². The molecule has 0 aliphatic heterocycles. The Hall–Kier alpha value is -1.00. The second kappa shape index (κ2) is 3.79. The fourth-order valence-electron chi connectivity index (χ4n) is 1.41. The van der Waals surface area contributed by atoms with E-state index < -0.39 is 11.7 Å². The van der Waals surface area contributed by atoms with E-state index in [1.54, 1.807) is 0 Å². The molecule has 0 spiro atoms. The summed E-state index contributed by atoms with van der Waals surface area (Å²) in [4.78, 5) is 3.50. The monoisotopic (exact) mass is 265 g/mol. The van der Waals surface area contributed by atoms with Crippen molar-refractivity contribution < 1.29 is 13.2 Å². The molecule has 1 heterocycles. The van der Waals surface area contributed by atoms with Crippen molar-refractivity contribution in [1.82, 2.24) is 4.98 Å². The van der Waals surface area contributed by atoms with E-state index in [0.717, 1.165) is 6.20 Å². The number of aromatic nitrogens is 1. The van der Waals surface area contributed by atoms with Crippen LogP contribution in [0.5, 0.6) is 0 Å². The van der Waals surface area contributed by atoms with Crippen molar-refractivity contribution in [2.75, 3.05) is 0 Å². The fraction of sp³-hybridized carbons (Fsp3) is 0.100. The van der Waals surface area contributed by atoms with Gasteiger partial charge >= 0.3 is 6.18 Å². The van der Waals surface area contributed by atoms with E-state index in [4.69, 9.17) is 23.2 Å². The van der Waals surface area contributed by atoms with Gasteiger partial charge in [-0.05, 0) is 17.5 Å². The van der Waals surface area contributed by atoms with Gasteiger partial charge in [0.05, 0.1) is 5.56 Å². The highest BCUT2D eigenvalue weighted by Gasteiger charge is 2.33. The summed E-state index contributed by atoms with van der Waals surface area (Å²) in [6.07, 6.45) is -3.73. The number of pyridine rings is 1. The summed E-state index contributed by atoms with van der Waals surface area (Å²) < 4.78 is 37.9. The number of rotatable bonds is 0. The topological polar surface area (TPSA) is 12.9 Å². The van der Waals surface area contributed by atoms with Crippen molar-refractivity contribution in [3.05, 3.63) is 40.1 Å². The zero-order valence-electron chi connectivity index (χ0n) is 7.65. The molecule has 0 saturated carbocycles. The quantitative estimate of drug-likeness (QED) is 0.637. The Balaban J connectivity index is 2.85. The molecule has 1 nitrogen and oxygen atoms in total. The van der Waals surface area contributed by atoms with Crippen LogP contribution in [-0.4, -0.2) is 4.98 Å². The molecule has 0 radical (unpaired) electrons. The Morgan fingerprint density at radius 1 is 1.06 bits per heavy atom. The van der Waals surface area contributed by atoms with E-state index in [9.17, 15) is 13.2 Å². The number of fused-ring (bicyclic) bond motifs is 1. The lowest BCUT2D eigenvalue weighted by Gasteiger charge is -2.10. The summed E-state index contributed by atoms with van der Waals surface area (Å²) in [5, 5.41) is 0.516. The lowest BCUT2D eigenvalue weighted by molar-refractivity contribution is -0.136. The Morgan fingerprint density at radius 2 is 1.75 bits per heavy atom. The average Bonchev–Trinajstić information content (AvgIpc) is 2.17. The smallest absolute Gasteiger partial charge is 0.243 e. The first-order chi connectivity index (χ1) is 7.39. The Kier molecular flexibility index (Phi) is 2.72. The van der Waals surface area contributed by atoms with E-state index in [0.29, 0.717) is 5.02 Å². The van der Waals surface area contributed by atoms with Gasteiger partial charge in [-0.15, -0.1) is 0 Å². The summed E-state index contributed by atoms with van der Waals surface area (Å²) in [7, 11) is 0. The highest BCUT2D eigenvalue weighted by atomic mass is 35.5. The first-order valence-electron chi connectivity index (χ1n) is 4.20. The standard InChI is InChI=1S/C10H4Cl2F3N/c11-5-1-2-6-7(3-5)9(12)16-4-8(6)10(13,14)15/h1-4H. The summed E-state index contributed by atoms with van der Waals surface area (Å²) in [6, 6.07) is 4.03. The largest absolute Gasteiger partial charge is 0.418 e. The van der Waals surface area contributed by atoms with E-state index >= 15 is 0 Å².